The third kappa shape index (κ3) is 4.94. The van der Waals surface area contributed by atoms with Gasteiger partial charge in [0.05, 0.1) is 19.3 Å². The summed E-state index contributed by atoms with van der Waals surface area (Å²) in [5.41, 5.74) is 2.24. The lowest BCUT2D eigenvalue weighted by atomic mass is 10.1. The molecule has 2 aliphatic heterocycles. The zero-order valence-electron chi connectivity index (χ0n) is 15.8. The van der Waals surface area contributed by atoms with E-state index in [4.69, 9.17) is 14.5 Å². The number of nitrogens with zero attached hydrogens (tertiary/aromatic N) is 2. The van der Waals surface area contributed by atoms with Crippen molar-refractivity contribution in [3.05, 3.63) is 23.3 Å². The number of aliphatic hydroxyl groups excluding tert-OH is 1. The summed E-state index contributed by atoms with van der Waals surface area (Å²) in [5, 5.41) is 13.1. The van der Waals surface area contributed by atoms with Crippen LogP contribution in [0, 0.1) is 0 Å². The van der Waals surface area contributed by atoms with Crippen LogP contribution < -0.4 is 14.8 Å². The van der Waals surface area contributed by atoms with Crippen LogP contribution >= 0.6 is 24.0 Å². The fourth-order valence-corrected chi connectivity index (χ4v) is 3.41. The number of benzene rings is 1. The quantitative estimate of drug-likeness (QED) is 0.390. The summed E-state index contributed by atoms with van der Waals surface area (Å²) >= 11 is 0. The van der Waals surface area contributed by atoms with Gasteiger partial charge in [-0.25, -0.2) is 4.99 Å². The van der Waals surface area contributed by atoms with E-state index >= 15 is 0 Å². The van der Waals surface area contributed by atoms with Gasteiger partial charge in [-0.05, 0) is 39.3 Å². The van der Waals surface area contributed by atoms with Crippen LogP contribution in [0.15, 0.2) is 17.1 Å². The molecular weight excluding hydrogens is 445 g/mol. The Kier molecular flexibility index (Phi) is 7.82. The Morgan fingerprint density at radius 3 is 2.88 bits per heavy atom. The second kappa shape index (κ2) is 9.64. The van der Waals surface area contributed by atoms with E-state index in [0.717, 1.165) is 49.0 Å². The number of halogens is 1. The number of hydrogen-bond acceptors (Lipinski definition) is 4. The van der Waals surface area contributed by atoms with Crippen molar-refractivity contribution in [2.24, 2.45) is 4.99 Å². The lowest BCUT2D eigenvalue weighted by Gasteiger charge is -2.21. The fraction of sp³-hybridized carbons (Fsp3) is 0.632. The molecule has 146 valence electrons. The van der Waals surface area contributed by atoms with Gasteiger partial charge in [-0.1, -0.05) is 0 Å². The molecule has 6 nitrogen and oxygen atoms in total. The van der Waals surface area contributed by atoms with E-state index in [9.17, 15) is 5.11 Å². The highest BCUT2D eigenvalue weighted by Gasteiger charge is 2.24. The summed E-state index contributed by atoms with van der Waals surface area (Å²) in [6, 6.07) is 4.16. The van der Waals surface area contributed by atoms with Gasteiger partial charge in [0.25, 0.3) is 0 Å². The number of fused-ring (bicyclic) bond motifs is 1. The third-order valence-electron chi connectivity index (χ3n) is 4.58. The van der Waals surface area contributed by atoms with Crippen molar-refractivity contribution in [2.75, 3.05) is 26.2 Å². The molecule has 0 amide bonds. The lowest BCUT2D eigenvalue weighted by molar-refractivity contribution is 0.188. The van der Waals surface area contributed by atoms with Crippen LogP contribution in [-0.4, -0.2) is 54.4 Å². The number of ether oxygens (including phenoxy) is 2. The number of aliphatic imine (C=N–C) groups is 1. The Morgan fingerprint density at radius 2 is 2.23 bits per heavy atom. The van der Waals surface area contributed by atoms with Crippen LogP contribution in [0.3, 0.4) is 0 Å². The number of aliphatic hydroxyl groups is 1. The Morgan fingerprint density at radius 1 is 1.42 bits per heavy atom. The number of rotatable bonds is 5. The van der Waals surface area contributed by atoms with Gasteiger partial charge in [-0.3, -0.25) is 0 Å². The van der Waals surface area contributed by atoms with Gasteiger partial charge in [-0.2, -0.15) is 0 Å². The molecule has 2 N–H and O–H groups in total. The van der Waals surface area contributed by atoms with Crippen molar-refractivity contribution in [1.29, 1.82) is 0 Å². The van der Waals surface area contributed by atoms with Crippen LogP contribution in [0.5, 0.6) is 11.5 Å². The summed E-state index contributed by atoms with van der Waals surface area (Å²) < 4.78 is 11.7. The molecule has 1 aromatic rings. The van der Waals surface area contributed by atoms with E-state index in [1.165, 1.54) is 5.56 Å². The summed E-state index contributed by atoms with van der Waals surface area (Å²) in [4.78, 5) is 6.88. The molecule has 0 spiro atoms. The first-order chi connectivity index (χ1) is 12.1. The average molecular weight is 475 g/mol. The van der Waals surface area contributed by atoms with Crippen molar-refractivity contribution >= 4 is 29.9 Å². The van der Waals surface area contributed by atoms with Crippen LogP contribution in [0.4, 0.5) is 0 Å². The average Bonchev–Trinajstić information content (AvgIpc) is 3.16. The van der Waals surface area contributed by atoms with Gasteiger partial charge in [-0.15, -0.1) is 24.0 Å². The van der Waals surface area contributed by atoms with Gasteiger partial charge < -0.3 is 24.8 Å². The SMILES string of the molecule is CCNC(=NCc1cc2c(cc1OCC)CC(C)O2)N1CC[C@@H](O)C1.I. The first kappa shape index (κ1) is 21.1. The molecule has 2 atom stereocenters. The van der Waals surface area contributed by atoms with Crippen LogP contribution in [0.25, 0.3) is 0 Å². The Bertz CT molecular complexity index is 639. The number of nitrogens with one attached hydrogen (secondary N) is 1. The molecule has 1 unspecified atom stereocenters. The van der Waals surface area contributed by atoms with E-state index in [1.807, 2.05) is 6.92 Å². The Hall–Kier alpha value is -1.22. The standard InChI is InChI=1S/C19H29N3O3.HI/c1-4-20-19(22-7-6-16(23)12-22)21-11-15-10-18-14(8-13(3)25-18)9-17(15)24-5-2;/h9-10,13,16,23H,4-8,11-12H2,1-3H3,(H,20,21);1H/t13?,16-;/m1./s1. The highest BCUT2D eigenvalue weighted by molar-refractivity contribution is 14.0. The second-order valence-corrected chi connectivity index (χ2v) is 6.69. The fourth-order valence-electron chi connectivity index (χ4n) is 3.41. The van der Waals surface area contributed by atoms with Crippen LogP contribution in [0.1, 0.15) is 38.3 Å². The molecule has 0 aliphatic carbocycles. The van der Waals surface area contributed by atoms with Gasteiger partial charge in [0.2, 0.25) is 0 Å². The largest absolute Gasteiger partial charge is 0.494 e. The number of hydrogen-bond donors (Lipinski definition) is 2. The molecule has 1 fully saturated rings. The van der Waals surface area contributed by atoms with E-state index in [2.05, 4.69) is 36.2 Å². The minimum atomic E-state index is -0.266. The van der Waals surface area contributed by atoms with Crippen molar-refractivity contribution in [1.82, 2.24) is 10.2 Å². The van der Waals surface area contributed by atoms with E-state index in [-0.39, 0.29) is 36.2 Å². The molecule has 0 aromatic heterocycles. The maximum Gasteiger partial charge on any atom is 0.194 e. The zero-order valence-corrected chi connectivity index (χ0v) is 18.2. The van der Waals surface area contributed by atoms with E-state index in [1.54, 1.807) is 0 Å². The molecule has 2 heterocycles. The predicted octanol–water partition coefficient (Wildman–Crippen LogP) is 2.56. The third-order valence-corrected chi connectivity index (χ3v) is 4.58. The maximum atomic E-state index is 9.79. The molecule has 26 heavy (non-hydrogen) atoms. The minimum absolute atomic E-state index is 0. The molecule has 7 heteroatoms. The monoisotopic (exact) mass is 475 g/mol. The normalized spacial score (nSPS) is 21.8. The molecule has 0 radical (unpaired) electrons. The van der Waals surface area contributed by atoms with Crippen LogP contribution in [0.2, 0.25) is 0 Å². The van der Waals surface area contributed by atoms with Gasteiger partial charge in [0, 0.05) is 37.2 Å². The lowest BCUT2D eigenvalue weighted by Crippen LogP contribution is -2.40. The molecular formula is C19H30IN3O3. The van der Waals surface area contributed by atoms with Crippen molar-refractivity contribution in [2.45, 2.75) is 52.4 Å². The van der Waals surface area contributed by atoms with Crippen LogP contribution in [-0.2, 0) is 13.0 Å². The summed E-state index contributed by atoms with van der Waals surface area (Å²) in [7, 11) is 0. The second-order valence-electron chi connectivity index (χ2n) is 6.69. The van der Waals surface area contributed by atoms with E-state index < -0.39 is 0 Å². The van der Waals surface area contributed by atoms with Crippen molar-refractivity contribution in [3.63, 3.8) is 0 Å². The topological polar surface area (TPSA) is 66.3 Å². The Balaban J connectivity index is 0.00000243. The van der Waals surface area contributed by atoms with Gasteiger partial charge in [0.15, 0.2) is 5.96 Å². The van der Waals surface area contributed by atoms with Crippen molar-refractivity contribution in [3.8, 4) is 11.5 Å². The highest BCUT2D eigenvalue weighted by atomic mass is 127. The van der Waals surface area contributed by atoms with E-state index in [0.29, 0.717) is 19.7 Å². The summed E-state index contributed by atoms with van der Waals surface area (Å²) in [6.45, 7) is 9.55. The molecule has 2 aliphatic rings. The van der Waals surface area contributed by atoms with Crippen molar-refractivity contribution < 1.29 is 14.6 Å². The molecule has 0 saturated carbocycles. The minimum Gasteiger partial charge on any atom is -0.494 e. The molecule has 0 bridgehead atoms. The first-order valence-electron chi connectivity index (χ1n) is 9.27. The van der Waals surface area contributed by atoms with Gasteiger partial charge in [0.1, 0.15) is 17.6 Å². The maximum absolute atomic E-state index is 9.79. The summed E-state index contributed by atoms with van der Waals surface area (Å²) in [6.07, 6.45) is 1.66. The molecule has 3 rings (SSSR count). The number of β-amino-alcohol motifs (C(OH)–C–C–N with tert-alkyl or cyclic N) is 1. The smallest absolute Gasteiger partial charge is 0.194 e. The predicted molar refractivity (Wildman–Crippen MR) is 114 cm³/mol. The molecule has 1 saturated heterocycles. The highest BCUT2D eigenvalue weighted by Crippen LogP contribution is 2.35. The Labute approximate surface area is 173 Å². The summed E-state index contributed by atoms with van der Waals surface area (Å²) in [5.74, 6) is 2.68. The first-order valence-corrected chi connectivity index (χ1v) is 9.27. The molecule has 1 aromatic carbocycles. The number of likely N-dealkylation sites (tertiary alicyclic amines) is 1. The zero-order chi connectivity index (χ0) is 17.8. The number of guanidine groups is 1. The van der Waals surface area contributed by atoms with Gasteiger partial charge >= 0.3 is 0 Å².